The van der Waals surface area contributed by atoms with Crippen LogP contribution in [0.3, 0.4) is 0 Å². The summed E-state index contributed by atoms with van der Waals surface area (Å²) < 4.78 is 10.1. The van der Waals surface area contributed by atoms with Crippen LogP contribution in [0.15, 0.2) is 437 Å². The van der Waals surface area contributed by atoms with Crippen LogP contribution < -0.4 is 26.2 Å². The third kappa shape index (κ3) is 11.2. The molecule has 2 aliphatic heterocycles. The van der Waals surface area contributed by atoms with Gasteiger partial charge in [0.25, 0.3) is 6.71 Å². The Morgan fingerprint density at radius 3 is 0.840 bits per heavy atom. The molecule has 0 fully saturated rings. The molecule has 0 aliphatic carbocycles. The number of aromatic nitrogens is 4. The van der Waals surface area contributed by atoms with Gasteiger partial charge in [0.15, 0.2) is 0 Å². The number of nitrogens with zero attached hydrogens (tertiary/aromatic N) is 6. The highest BCUT2D eigenvalue weighted by Crippen LogP contribution is 2.57. The third-order valence-corrected chi connectivity index (χ3v) is 26.6. The summed E-state index contributed by atoms with van der Waals surface area (Å²) in [5.74, 6) is 0. The Morgan fingerprint density at radius 1 is 0.208 bits per heavy atom. The topological polar surface area (TPSA) is 26.2 Å². The smallest absolute Gasteiger partial charge is 0.252 e. The number of fused-ring (bicyclic) bond motifs is 18. The minimum absolute atomic E-state index is 0.343. The standard InChI is InChI=1S/C118H81BN6/c1-118(2,3)84-72-109-113-110(73-84)125(115-97(80-44-20-8-21-45-80)70-83(77-38-14-5-15-39-77)71-98(115)81-46-22-9-23-47-81)108-75-88(123-102-57-33-29-53-90(102)92-63-67-106-112(117(92)123)94-55-31-35-59-104(94)121(106)86-50-26-11-27-51-86)61-65-100(108)119(113)99-64-60-87(122-101-56-32-28-52-89(101)91-62-66-105-111(116(91)122)93-54-30-34-58-103(93)120(105)85-48-24-10-25-49-85)74-107(99)124(109)114-95(78-40-16-6-17-41-78)68-82(76-36-12-4-13-37-76)69-96(114)79-42-18-7-19-43-79/h4-75H,1-3H3. The molecular weight excluding hydrogens is 1510 g/mol. The fraction of sp³-hybridized carbons (Fsp3) is 0.0339. The first-order valence-corrected chi connectivity index (χ1v) is 43.5. The summed E-state index contributed by atoms with van der Waals surface area (Å²) in [5, 5.41) is 9.58. The van der Waals surface area contributed by atoms with Gasteiger partial charge in [-0.25, -0.2) is 0 Å². The molecule has 0 atom stereocenters. The van der Waals surface area contributed by atoms with E-state index in [-0.39, 0.29) is 6.71 Å². The van der Waals surface area contributed by atoms with Gasteiger partial charge in [-0.1, -0.05) is 336 Å². The molecule has 0 saturated heterocycles. The Bertz CT molecular complexity index is 7690. The van der Waals surface area contributed by atoms with Crippen LogP contribution in [0.2, 0.25) is 0 Å². The lowest BCUT2D eigenvalue weighted by Gasteiger charge is -2.46. The van der Waals surface area contributed by atoms with Gasteiger partial charge in [-0.3, -0.25) is 0 Å². The van der Waals surface area contributed by atoms with E-state index in [1.807, 2.05) is 0 Å². The fourth-order valence-electron chi connectivity index (χ4n) is 21.1. The first-order valence-electron chi connectivity index (χ1n) is 43.5. The fourth-order valence-corrected chi connectivity index (χ4v) is 21.1. The van der Waals surface area contributed by atoms with Crippen LogP contribution in [0.5, 0.6) is 0 Å². The molecule has 0 saturated carbocycles. The van der Waals surface area contributed by atoms with Gasteiger partial charge in [0.05, 0.1) is 55.5 Å². The molecule has 2 aliphatic rings. The molecule has 6 nitrogen and oxygen atoms in total. The molecule has 0 bridgehead atoms. The van der Waals surface area contributed by atoms with Crippen molar-refractivity contribution >= 4 is 144 Å². The number of para-hydroxylation sites is 6. The quantitative estimate of drug-likeness (QED) is 0.114. The van der Waals surface area contributed by atoms with Gasteiger partial charge in [-0.05, 0) is 193 Å². The summed E-state index contributed by atoms with van der Waals surface area (Å²) in [5.41, 5.74) is 38.0. The van der Waals surface area contributed by atoms with Gasteiger partial charge in [-0.2, -0.15) is 0 Å². The zero-order valence-electron chi connectivity index (χ0n) is 69.3. The van der Waals surface area contributed by atoms with Gasteiger partial charge in [0.2, 0.25) is 0 Å². The zero-order chi connectivity index (χ0) is 82.7. The van der Waals surface area contributed by atoms with E-state index in [2.05, 4.69) is 486 Å². The number of hydrogen-bond acceptors (Lipinski definition) is 2. The first-order chi connectivity index (χ1) is 61.7. The lowest BCUT2D eigenvalue weighted by molar-refractivity contribution is 0.590. The summed E-state index contributed by atoms with van der Waals surface area (Å²) in [7, 11) is 0. The van der Waals surface area contributed by atoms with Crippen molar-refractivity contribution in [3.8, 4) is 89.5 Å². The van der Waals surface area contributed by atoms with E-state index in [9.17, 15) is 0 Å². The molecule has 0 amide bonds. The van der Waals surface area contributed by atoms with Crippen molar-refractivity contribution in [2.24, 2.45) is 0 Å². The second-order valence-electron chi connectivity index (χ2n) is 34.6. The highest BCUT2D eigenvalue weighted by Gasteiger charge is 2.47. The van der Waals surface area contributed by atoms with Gasteiger partial charge in [0.1, 0.15) is 0 Å². The van der Waals surface area contributed by atoms with Crippen molar-refractivity contribution in [3.63, 3.8) is 0 Å². The van der Waals surface area contributed by atoms with Crippen LogP contribution in [0.25, 0.3) is 177 Å². The van der Waals surface area contributed by atoms with Crippen molar-refractivity contribution in [1.82, 2.24) is 18.3 Å². The molecule has 6 heterocycles. The molecule has 7 heteroatoms. The lowest BCUT2D eigenvalue weighted by atomic mass is 9.33. The van der Waals surface area contributed by atoms with Crippen molar-refractivity contribution < 1.29 is 0 Å². The van der Waals surface area contributed by atoms with E-state index in [1.54, 1.807) is 0 Å². The Labute approximate surface area is 725 Å². The minimum Gasteiger partial charge on any atom is -0.310 e. The molecular formula is C118H81BN6. The SMILES string of the molecule is CC(C)(C)c1cc2c3c(c1)N(c1c(-c4ccccc4)cc(-c4ccccc4)cc1-c1ccccc1)c1cc(-n4c5ccccc5c5ccc6c(c7ccccc7n6-c6ccccc6)c54)ccc1B3c1ccc(-n3c4ccccc4c4ccc5c(c6ccccc6n5-c5ccccc5)c43)cc1N2c1c(-c2ccccc2)cc(-c2ccccc2)cc1-c1ccccc1. The average molecular weight is 1590 g/mol. The summed E-state index contributed by atoms with van der Waals surface area (Å²) in [6.45, 7) is 6.88. The van der Waals surface area contributed by atoms with Gasteiger partial charge >= 0.3 is 0 Å². The van der Waals surface area contributed by atoms with Crippen LogP contribution in [-0.2, 0) is 5.41 Å². The average Bonchev–Trinajstić information content (AvgIpc) is 1.41. The van der Waals surface area contributed by atoms with Crippen LogP contribution in [-0.4, -0.2) is 25.0 Å². The molecule has 0 spiro atoms. The second-order valence-corrected chi connectivity index (χ2v) is 34.6. The molecule has 19 aromatic carbocycles. The Morgan fingerprint density at radius 2 is 0.504 bits per heavy atom. The molecule has 25 rings (SSSR count). The summed E-state index contributed by atoms with van der Waals surface area (Å²) in [6.07, 6.45) is 0. The van der Waals surface area contributed by atoms with Crippen LogP contribution in [0.1, 0.15) is 26.3 Å². The van der Waals surface area contributed by atoms with Crippen molar-refractivity contribution in [2.45, 2.75) is 26.2 Å². The molecule has 0 unspecified atom stereocenters. The first kappa shape index (κ1) is 71.9. The molecule has 23 aromatic rings. The number of rotatable bonds is 12. The predicted octanol–water partition coefficient (Wildman–Crippen LogP) is 29.5. The van der Waals surface area contributed by atoms with E-state index in [1.165, 1.54) is 65.0 Å². The highest BCUT2D eigenvalue weighted by atomic mass is 15.2. The Balaban J connectivity index is 0.858. The number of anilines is 6. The maximum Gasteiger partial charge on any atom is 0.252 e. The third-order valence-electron chi connectivity index (χ3n) is 26.6. The maximum absolute atomic E-state index is 2.75. The zero-order valence-corrected chi connectivity index (χ0v) is 69.3. The Kier molecular flexibility index (Phi) is 16.3. The molecule has 0 N–H and O–H groups in total. The summed E-state index contributed by atoms with van der Waals surface area (Å²) >= 11 is 0. The van der Waals surface area contributed by atoms with Crippen molar-refractivity contribution in [2.75, 3.05) is 9.80 Å². The number of benzene rings is 19. The van der Waals surface area contributed by atoms with Crippen molar-refractivity contribution in [3.05, 3.63) is 442 Å². The molecule has 586 valence electrons. The monoisotopic (exact) mass is 1590 g/mol. The maximum atomic E-state index is 2.75. The van der Waals surface area contributed by atoms with Gasteiger partial charge in [-0.15, -0.1) is 0 Å². The van der Waals surface area contributed by atoms with E-state index < -0.39 is 5.41 Å². The summed E-state index contributed by atoms with van der Waals surface area (Å²) in [6, 6.07) is 165. The second kappa shape index (κ2) is 28.3. The van der Waals surface area contributed by atoms with E-state index in [0.717, 1.165) is 168 Å². The normalized spacial score (nSPS) is 12.6. The highest BCUT2D eigenvalue weighted by molar-refractivity contribution is 7.00. The van der Waals surface area contributed by atoms with E-state index in [0.29, 0.717) is 0 Å². The van der Waals surface area contributed by atoms with Crippen LogP contribution in [0.4, 0.5) is 34.1 Å². The van der Waals surface area contributed by atoms with Gasteiger partial charge < -0.3 is 28.1 Å². The number of hydrogen-bond donors (Lipinski definition) is 0. The van der Waals surface area contributed by atoms with Crippen molar-refractivity contribution in [1.29, 1.82) is 0 Å². The van der Waals surface area contributed by atoms with Crippen LogP contribution >= 0.6 is 0 Å². The largest absolute Gasteiger partial charge is 0.310 e. The molecule has 0 radical (unpaired) electrons. The lowest BCUT2D eigenvalue weighted by Crippen LogP contribution is -2.61. The minimum atomic E-state index is -0.410. The predicted molar refractivity (Wildman–Crippen MR) is 529 cm³/mol. The molecule has 4 aromatic heterocycles. The Hall–Kier alpha value is -16.0. The van der Waals surface area contributed by atoms with Gasteiger partial charge in [0, 0.05) is 111 Å². The summed E-state index contributed by atoms with van der Waals surface area (Å²) in [4.78, 5) is 5.49. The van der Waals surface area contributed by atoms with E-state index >= 15 is 0 Å². The van der Waals surface area contributed by atoms with E-state index in [4.69, 9.17) is 0 Å². The van der Waals surface area contributed by atoms with Crippen LogP contribution in [0, 0.1) is 0 Å². The molecule has 125 heavy (non-hydrogen) atoms.